The maximum Gasteiger partial charge on any atom is 0.150 e. The van der Waals surface area contributed by atoms with Gasteiger partial charge in [-0.15, -0.1) is 0 Å². The summed E-state index contributed by atoms with van der Waals surface area (Å²) in [5, 5.41) is 9.42. The second-order valence-electron chi connectivity index (χ2n) is 7.15. The zero-order valence-corrected chi connectivity index (χ0v) is 16.9. The molecule has 0 aliphatic heterocycles. The predicted octanol–water partition coefficient (Wildman–Crippen LogP) is 4.56. The number of aromatic nitrogens is 2. The van der Waals surface area contributed by atoms with Gasteiger partial charge in [0.1, 0.15) is 17.6 Å². The highest BCUT2D eigenvalue weighted by atomic mass is 19.1. The lowest BCUT2D eigenvalue weighted by Crippen LogP contribution is -2.22. The van der Waals surface area contributed by atoms with E-state index in [0.717, 1.165) is 22.5 Å². The van der Waals surface area contributed by atoms with Gasteiger partial charge in [0.05, 0.1) is 11.9 Å². The van der Waals surface area contributed by atoms with Crippen LogP contribution < -0.4 is 4.90 Å². The van der Waals surface area contributed by atoms with Crippen molar-refractivity contribution in [3.8, 4) is 6.07 Å². The van der Waals surface area contributed by atoms with Gasteiger partial charge in [-0.1, -0.05) is 18.2 Å². The van der Waals surface area contributed by atoms with Gasteiger partial charge >= 0.3 is 0 Å². The fraction of sp³-hybridized carbons (Fsp3) is 0.120. The minimum atomic E-state index is -0.392. The lowest BCUT2D eigenvalue weighted by molar-refractivity contribution is -0.103. The summed E-state index contributed by atoms with van der Waals surface area (Å²) in [6.07, 6.45) is 6.42. The van der Waals surface area contributed by atoms with Gasteiger partial charge in [-0.3, -0.25) is 9.78 Å². The number of fused-ring (bicyclic) bond motifs is 1. The average Bonchev–Trinajstić information content (AvgIpc) is 2.82. The third-order valence-corrected chi connectivity index (χ3v) is 5.33. The fourth-order valence-corrected chi connectivity index (χ4v) is 3.80. The van der Waals surface area contributed by atoms with E-state index in [1.807, 2.05) is 43.4 Å². The summed E-state index contributed by atoms with van der Waals surface area (Å²) in [6, 6.07) is 16.7. The first-order valence-electron chi connectivity index (χ1n) is 9.81. The number of anilines is 1. The molecule has 0 radical (unpaired) electrons. The maximum atomic E-state index is 13.8. The predicted molar refractivity (Wildman–Crippen MR) is 117 cm³/mol. The summed E-state index contributed by atoms with van der Waals surface area (Å²) in [4.78, 5) is 22.5. The molecule has 0 amide bonds. The van der Waals surface area contributed by atoms with Crippen molar-refractivity contribution < 1.29 is 9.18 Å². The highest BCUT2D eigenvalue weighted by molar-refractivity contribution is 6.11. The Balaban J connectivity index is 1.94. The van der Waals surface area contributed by atoms with Crippen LogP contribution in [0.4, 0.5) is 10.1 Å². The van der Waals surface area contributed by atoms with Crippen molar-refractivity contribution in [2.75, 3.05) is 11.9 Å². The lowest BCUT2D eigenvalue weighted by atomic mass is 9.89. The van der Waals surface area contributed by atoms with Gasteiger partial charge in [-0.05, 0) is 54.8 Å². The molecule has 4 rings (SSSR count). The molecule has 2 aromatic heterocycles. The largest absolute Gasteiger partial charge is 0.347 e. The second kappa shape index (κ2) is 8.72. The molecular weight excluding hydrogens is 391 g/mol. The van der Waals surface area contributed by atoms with Crippen molar-refractivity contribution in [2.45, 2.75) is 12.8 Å². The number of aldehydes is 1. The molecule has 0 saturated carbocycles. The van der Waals surface area contributed by atoms with Crippen molar-refractivity contribution in [2.24, 2.45) is 0 Å². The van der Waals surface area contributed by atoms with Crippen molar-refractivity contribution >= 4 is 23.1 Å². The minimum Gasteiger partial charge on any atom is -0.347 e. The molecule has 3 aromatic rings. The Hall–Kier alpha value is -4.11. The molecule has 1 aromatic carbocycles. The SMILES string of the molecule is CN(C1=C(/C=C(\C=O)c2cccnc2C#N)c2ncc(F)cc2CC1)c1ccccc1. The molecule has 1 aliphatic carbocycles. The molecule has 6 heteroatoms. The molecule has 0 atom stereocenters. The number of halogens is 1. The number of hydrogen-bond acceptors (Lipinski definition) is 5. The van der Waals surface area contributed by atoms with Gasteiger partial charge in [0, 0.05) is 41.3 Å². The van der Waals surface area contributed by atoms with Gasteiger partial charge in [0.25, 0.3) is 0 Å². The number of nitriles is 1. The summed E-state index contributed by atoms with van der Waals surface area (Å²) >= 11 is 0. The lowest BCUT2D eigenvalue weighted by Gasteiger charge is -2.29. The van der Waals surface area contributed by atoms with Crippen molar-refractivity contribution in [3.63, 3.8) is 0 Å². The zero-order valence-electron chi connectivity index (χ0n) is 16.9. The van der Waals surface area contributed by atoms with E-state index in [1.54, 1.807) is 18.2 Å². The van der Waals surface area contributed by atoms with Gasteiger partial charge < -0.3 is 4.90 Å². The monoisotopic (exact) mass is 410 g/mol. The van der Waals surface area contributed by atoms with E-state index >= 15 is 0 Å². The van der Waals surface area contributed by atoms with Crippen LogP contribution >= 0.6 is 0 Å². The average molecular weight is 410 g/mol. The van der Waals surface area contributed by atoms with Gasteiger partial charge in [0.2, 0.25) is 0 Å². The molecule has 152 valence electrons. The zero-order chi connectivity index (χ0) is 21.8. The Bertz CT molecular complexity index is 1240. The third kappa shape index (κ3) is 3.99. The first-order chi connectivity index (χ1) is 15.1. The van der Waals surface area contributed by atoms with E-state index in [9.17, 15) is 14.4 Å². The maximum absolute atomic E-state index is 13.8. The Kier molecular flexibility index (Phi) is 5.67. The number of carbonyl (C=O) groups is 1. The molecule has 0 bridgehead atoms. The fourth-order valence-electron chi connectivity index (χ4n) is 3.80. The van der Waals surface area contributed by atoms with Crippen LogP contribution in [0.5, 0.6) is 0 Å². The molecular formula is C25H19FN4O. The van der Waals surface area contributed by atoms with E-state index in [0.29, 0.717) is 36.0 Å². The van der Waals surface area contributed by atoms with Gasteiger partial charge in [-0.25, -0.2) is 9.37 Å². The van der Waals surface area contributed by atoms with Crippen LogP contribution in [0.15, 0.2) is 72.7 Å². The minimum absolute atomic E-state index is 0.169. The van der Waals surface area contributed by atoms with Crippen molar-refractivity contribution in [3.05, 3.63) is 101 Å². The molecule has 1 aliphatic rings. The Morgan fingerprint density at radius 2 is 1.97 bits per heavy atom. The first-order valence-corrected chi connectivity index (χ1v) is 9.81. The molecule has 31 heavy (non-hydrogen) atoms. The summed E-state index contributed by atoms with van der Waals surface area (Å²) in [5.74, 6) is -0.392. The van der Waals surface area contributed by atoms with Crippen molar-refractivity contribution in [1.29, 1.82) is 5.26 Å². The van der Waals surface area contributed by atoms with E-state index < -0.39 is 5.82 Å². The number of aryl methyl sites for hydroxylation is 1. The quantitative estimate of drug-likeness (QED) is 0.455. The highest BCUT2D eigenvalue weighted by Gasteiger charge is 2.24. The van der Waals surface area contributed by atoms with Gasteiger partial charge in [-0.2, -0.15) is 5.26 Å². The van der Waals surface area contributed by atoms with Crippen LogP contribution in [0.3, 0.4) is 0 Å². The van der Waals surface area contributed by atoms with Crippen LogP contribution in [0, 0.1) is 17.1 Å². The number of carbonyl (C=O) groups excluding carboxylic acids is 1. The van der Waals surface area contributed by atoms with Crippen LogP contribution in [-0.2, 0) is 11.2 Å². The third-order valence-electron chi connectivity index (χ3n) is 5.33. The number of pyridine rings is 2. The standard InChI is InChI=1S/C25H19FN4O/c1-30(20-6-3-2-4-7-20)24-10-9-17-12-19(26)15-29-25(17)22(24)13-18(16-31)21-8-5-11-28-23(21)14-27/h2-8,11-13,15-16H,9-10H2,1H3/b18-13+. The number of rotatable bonds is 5. The molecule has 5 nitrogen and oxygen atoms in total. The van der Waals surface area contributed by atoms with Gasteiger partial charge in [0.15, 0.2) is 6.29 Å². The number of hydrogen-bond donors (Lipinski definition) is 0. The van der Waals surface area contributed by atoms with E-state index in [1.165, 1.54) is 18.5 Å². The summed E-state index contributed by atoms with van der Waals surface area (Å²) in [6.45, 7) is 0. The second-order valence-corrected chi connectivity index (χ2v) is 7.15. The van der Waals surface area contributed by atoms with E-state index in [-0.39, 0.29) is 5.69 Å². The Morgan fingerprint density at radius 3 is 2.71 bits per heavy atom. The summed E-state index contributed by atoms with van der Waals surface area (Å²) < 4.78 is 13.8. The van der Waals surface area contributed by atoms with E-state index in [4.69, 9.17) is 0 Å². The first kappa shape index (κ1) is 20.2. The topological polar surface area (TPSA) is 69.9 Å². The van der Waals surface area contributed by atoms with E-state index in [2.05, 4.69) is 14.9 Å². The summed E-state index contributed by atoms with van der Waals surface area (Å²) in [5.41, 5.74) is 5.02. The van der Waals surface area contributed by atoms with Crippen LogP contribution in [0.2, 0.25) is 0 Å². The Morgan fingerprint density at radius 1 is 1.16 bits per heavy atom. The van der Waals surface area contributed by atoms with Crippen LogP contribution in [0.1, 0.15) is 28.9 Å². The van der Waals surface area contributed by atoms with Crippen LogP contribution in [-0.4, -0.2) is 23.3 Å². The highest BCUT2D eigenvalue weighted by Crippen LogP contribution is 2.36. The van der Waals surface area contributed by atoms with Crippen LogP contribution in [0.25, 0.3) is 11.1 Å². The molecule has 0 fully saturated rings. The Labute approximate surface area is 179 Å². The molecule has 0 unspecified atom stereocenters. The normalized spacial score (nSPS) is 13.4. The number of allylic oxidation sites excluding steroid dienone is 4. The van der Waals surface area contributed by atoms with Crippen molar-refractivity contribution in [1.82, 2.24) is 9.97 Å². The molecule has 0 N–H and O–H groups in total. The number of para-hydroxylation sites is 1. The number of benzene rings is 1. The smallest absolute Gasteiger partial charge is 0.150 e. The summed E-state index contributed by atoms with van der Waals surface area (Å²) in [7, 11) is 1.96. The number of nitrogens with zero attached hydrogens (tertiary/aromatic N) is 4. The molecule has 2 heterocycles. The molecule has 0 saturated heterocycles. The molecule has 0 spiro atoms.